The van der Waals surface area contributed by atoms with E-state index in [1.807, 2.05) is 31.2 Å². The van der Waals surface area contributed by atoms with Crippen LogP contribution < -0.4 is 10.6 Å². The smallest absolute Gasteiger partial charge is 0.389 e. The molecule has 2 aromatic rings. The van der Waals surface area contributed by atoms with Crippen LogP contribution in [0.3, 0.4) is 0 Å². The minimum atomic E-state index is -0.323. The Morgan fingerprint density at radius 1 is 1.12 bits per heavy atom. The molecule has 0 radical (unpaired) electrons. The van der Waals surface area contributed by atoms with Crippen molar-refractivity contribution in [1.82, 2.24) is 10.6 Å². The zero-order valence-corrected chi connectivity index (χ0v) is 21.0. The Labute approximate surface area is 204 Å². The summed E-state index contributed by atoms with van der Waals surface area (Å²) in [5, 5.41) is 25.2. The van der Waals surface area contributed by atoms with Crippen molar-refractivity contribution in [3.8, 4) is 11.1 Å². The molecule has 0 bridgehead atoms. The molecule has 0 aliphatic heterocycles. The summed E-state index contributed by atoms with van der Waals surface area (Å²) in [6.07, 6.45) is 3.39. The minimum Gasteiger partial charge on any atom is -0.504 e. The third-order valence-electron chi connectivity index (χ3n) is 5.15. The quantitative estimate of drug-likeness (QED) is 0.181. The number of carbonyl (C=O) groups is 1. The summed E-state index contributed by atoms with van der Waals surface area (Å²) in [5.74, 6) is 0.255. The lowest BCUT2D eigenvalue weighted by atomic mass is 10.0. The number of hydrogen-bond acceptors (Lipinski definition) is 4. The van der Waals surface area contributed by atoms with Gasteiger partial charge in [-0.05, 0) is 76.7 Å². The molecule has 0 saturated carbocycles. The van der Waals surface area contributed by atoms with E-state index in [9.17, 15) is 9.90 Å². The number of benzene rings is 2. The van der Waals surface area contributed by atoms with Crippen LogP contribution in [-0.2, 0) is 0 Å². The number of nitrogens with one attached hydrogen (secondary N) is 2. The molecular formula is C25H32IN4O2+. The average Bonchev–Trinajstić information content (AvgIpc) is 2.76. The van der Waals surface area contributed by atoms with E-state index >= 15 is 0 Å². The molecule has 32 heavy (non-hydrogen) atoms. The Bertz CT molecular complexity index is 934. The fourth-order valence-corrected chi connectivity index (χ4v) is 3.92. The van der Waals surface area contributed by atoms with Crippen molar-refractivity contribution in [2.24, 2.45) is 5.92 Å². The van der Waals surface area contributed by atoms with Crippen molar-refractivity contribution < 1.29 is 9.90 Å². The van der Waals surface area contributed by atoms with Gasteiger partial charge in [0.05, 0.1) is 6.04 Å². The van der Waals surface area contributed by atoms with E-state index in [4.69, 9.17) is 5.39 Å². The van der Waals surface area contributed by atoms with Crippen molar-refractivity contribution in [1.29, 1.82) is 5.39 Å². The zero-order chi connectivity index (χ0) is 23.5. The number of halogens is 1. The molecule has 170 valence electrons. The fraction of sp³-hybridized carbons (Fsp3) is 0.400. The number of aliphatic hydroxyl groups excluding tert-OH is 1. The van der Waals surface area contributed by atoms with Crippen LogP contribution in [0, 0.1) is 14.9 Å². The third kappa shape index (κ3) is 8.24. The van der Waals surface area contributed by atoms with E-state index in [1.54, 1.807) is 0 Å². The maximum absolute atomic E-state index is 12.9. The summed E-state index contributed by atoms with van der Waals surface area (Å²) in [7, 11) is 0. The molecule has 2 aromatic carbocycles. The van der Waals surface area contributed by atoms with Crippen molar-refractivity contribution >= 4 is 28.5 Å². The highest BCUT2D eigenvalue weighted by Gasteiger charge is 2.20. The Kier molecular flexibility index (Phi) is 10.6. The predicted octanol–water partition coefficient (Wildman–Crippen LogP) is 6.11. The Hall–Kier alpha value is -2.44. The second kappa shape index (κ2) is 13.2. The van der Waals surface area contributed by atoms with Crippen LogP contribution in [0.25, 0.3) is 16.1 Å². The first kappa shape index (κ1) is 25.8. The number of diazo groups is 1. The molecular weight excluding hydrogens is 513 g/mol. The van der Waals surface area contributed by atoms with Crippen LogP contribution in [0.1, 0.15) is 50.4 Å². The first-order valence-corrected chi connectivity index (χ1v) is 12.0. The number of aliphatic hydroxyl groups is 1. The summed E-state index contributed by atoms with van der Waals surface area (Å²) in [5.41, 5.74) is 2.79. The largest absolute Gasteiger partial charge is 0.504 e. The number of rotatable bonds is 11. The number of nitrogens with zero attached hydrogens (tertiary/aromatic N) is 2. The van der Waals surface area contributed by atoms with Crippen LogP contribution >= 0.6 is 22.6 Å². The first-order chi connectivity index (χ1) is 15.3. The Balaban J connectivity index is 2.06. The summed E-state index contributed by atoms with van der Waals surface area (Å²) in [6, 6.07) is 15.5. The number of hydrogen-bond donors (Lipinski definition) is 3. The molecule has 1 unspecified atom stereocenters. The summed E-state index contributed by atoms with van der Waals surface area (Å²) in [6.45, 7) is 6.74. The molecule has 0 aliphatic carbocycles. The van der Waals surface area contributed by atoms with Gasteiger partial charge in [-0.1, -0.05) is 51.5 Å². The van der Waals surface area contributed by atoms with Gasteiger partial charge in [0, 0.05) is 21.7 Å². The standard InChI is InChI=1S/C25H31IN4O2/c1-4-5-23(24(31)16-29-27)28-15-22(14-17(2)3)30-25(32)20-8-6-18(7-9-20)19-10-12-21(26)13-11-19/h6-13,16-17,22-23,28H,4-5,14-15H2,1-3H3,(H-,30,31,32)/p+1/b24-16+/t22-,23?/m0/s1/i26-2. The SMILES string of the molecule is CCCC(NC[C@H](CC(C)C)NC(=O)c1ccc(-c2ccc([125I])cc2)cc1)/C(O)=C\[N+]#N. The van der Waals surface area contributed by atoms with Gasteiger partial charge in [0.15, 0.2) is 10.7 Å². The van der Waals surface area contributed by atoms with Gasteiger partial charge in [-0.15, -0.1) is 0 Å². The lowest BCUT2D eigenvalue weighted by Gasteiger charge is -2.24. The van der Waals surface area contributed by atoms with Crippen LogP contribution in [0.5, 0.6) is 0 Å². The summed E-state index contributed by atoms with van der Waals surface area (Å²) < 4.78 is 1.18. The molecule has 1 amide bonds. The molecule has 0 heterocycles. The molecule has 0 aromatic heterocycles. The van der Waals surface area contributed by atoms with Crippen molar-refractivity contribution in [3.05, 3.63) is 74.6 Å². The highest BCUT2D eigenvalue weighted by Crippen LogP contribution is 2.21. The first-order valence-electron chi connectivity index (χ1n) is 11.0. The van der Waals surface area contributed by atoms with Gasteiger partial charge >= 0.3 is 6.20 Å². The van der Waals surface area contributed by atoms with Gasteiger partial charge in [-0.2, -0.15) is 0 Å². The second-order valence-electron chi connectivity index (χ2n) is 8.30. The van der Waals surface area contributed by atoms with Gasteiger partial charge in [-0.25, -0.2) is 0 Å². The molecule has 0 aliphatic rings. The lowest BCUT2D eigenvalue weighted by Crippen LogP contribution is -2.46. The number of carbonyl (C=O) groups excluding carboxylic acids is 1. The molecule has 2 rings (SSSR count). The van der Waals surface area contributed by atoms with Gasteiger partial charge < -0.3 is 15.7 Å². The van der Waals surface area contributed by atoms with E-state index in [1.165, 1.54) is 3.57 Å². The second-order valence-corrected chi connectivity index (χ2v) is 9.55. The maximum atomic E-state index is 12.9. The van der Waals surface area contributed by atoms with E-state index in [0.29, 0.717) is 24.4 Å². The minimum absolute atomic E-state index is 0.0184. The van der Waals surface area contributed by atoms with E-state index in [0.717, 1.165) is 30.2 Å². The summed E-state index contributed by atoms with van der Waals surface area (Å²) >= 11 is 2.28. The zero-order valence-electron chi connectivity index (χ0n) is 18.9. The molecule has 0 fully saturated rings. The van der Waals surface area contributed by atoms with Crippen LogP contribution in [0.2, 0.25) is 0 Å². The predicted molar refractivity (Wildman–Crippen MR) is 138 cm³/mol. The fourth-order valence-electron chi connectivity index (χ4n) is 3.56. The van der Waals surface area contributed by atoms with Crippen molar-refractivity contribution in [3.63, 3.8) is 0 Å². The molecule has 2 atom stereocenters. The van der Waals surface area contributed by atoms with Gasteiger partial charge in [0.1, 0.15) is 0 Å². The lowest BCUT2D eigenvalue weighted by molar-refractivity contribution is 0.0931. The van der Waals surface area contributed by atoms with E-state index < -0.39 is 0 Å². The Morgan fingerprint density at radius 2 is 1.72 bits per heavy atom. The van der Waals surface area contributed by atoms with Crippen molar-refractivity contribution in [2.75, 3.05) is 6.54 Å². The van der Waals surface area contributed by atoms with Crippen LogP contribution in [0.15, 0.2) is 60.5 Å². The van der Waals surface area contributed by atoms with Crippen LogP contribution in [0.4, 0.5) is 0 Å². The number of amides is 1. The highest BCUT2D eigenvalue weighted by atomic mass is 125. The highest BCUT2D eigenvalue weighted by molar-refractivity contribution is 14.1. The van der Waals surface area contributed by atoms with Crippen molar-refractivity contribution in [2.45, 2.75) is 52.1 Å². The van der Waals surface area contributed by atoms with Gasteiger partial charge in [0.25, 0.3) is 5.91 Å². The average molecular weight is 545 g/mol. The maximum Gasteiger partial charge on any atom is 0.389 e. The molecule has 0 saturated heterocycles. The van der Waals surface area contributed by atoms with E-state index in [-0.39, 0.29) is 23.8 Å². The third-order valence-corrected chi connectivity index (χ3v) is 5.87. The van der Waals surface area contributed by atoms with Crippen LogP contribution in [-0.4, -0.2) is 29.6 Å². The normalized spacial score (nSPS) is 13.4. The van der Waals surface area contributed by atoms with E-state index in [2.05, 4.69) is 76.3 Å². The summed E-state index contributed by atoms with van der Waals surface area (Å²) in [4.78, 5) is 15.8. The van der Waals surface area contributed by atoms with Gasteiger partial charge in [0.2, 0.25) is 5.39 Å². The molecule has 0 spiro atoms. The Morgan fingerprint density at radius 3 is 2.25 bits per heavy atom. The molecule has 3 N–H and O–H groups in total. The van der Waals surface area contributed by atoms with Gasteiger partial charge in [-0.3, -0.25) is 4.79 Å². The monoisotopic (exact) mass is 545 g/mol. The topological polar surface area (TPSA) is 89.5 Å². The molecule has 6 nitrogen and oxygen atoms in total. The molecule has 7 heteroatoms.